The lowest BCUT2D eigenvalue weighted by atomic mass is 10.3. The molecule has 0 atom stereocenters. The quantitative estimate of drug-likeness (QED) is 0.501. The summed E-state index contributed by atoms with van der Waals surface area (Å²) in [6.45, 7) is 0.580. The molecule has 12 heteroatoms. The summed E-state index contributed by atoms with van der Waals surface area (Å²) in [6.07, 6.45) is 1.27. The molecule has 1 fully saturated rings. The lowest BCUT2D eigenvalue weighted by Gasteiger charge is -2.16. The molecule has 2 aromatic rings. The van der Waals surface area contributed by atoms with Crippen molar-refractivity contribution in [1.82, 2.24) is 9.03 Å². The number of nitrogens with zero attached hydrogens (tertiary/aromatic N) is 1. The van der Waals surface area contributed by atoms with Crippen LogP contribution in [0.5, 0.6) is 5.75 Å². The Kier molecular flexibility index (Phi) is 6.94. The van der Waals surface area contributed by atoms with Crippen LogP contribution in [0.25, 0.3) is 0 Å². The molecule has 0 bridgehead atoms. The van der Waals surface area contributed by atoms with E-state index in [0.29, 0.717) is 13.1 Å². The molecule has 3 rings (SSSR count). The molecular formula is C19H22FN3O6S2. The summed E-state index contributed by atoms with van der Waals surface area (Å²) >= 11 is 0. The predicted molar refractivity (Wildman–Crippen MR) is 111 cm³/mol. The Morgan fingerprint density at radius 1 is 1.00 bits per heavy atom. The fraction of sp³-hybridized carbons (Fsp3) is 0.316. The average molecular weight is 472 g/mol. The fourth-order valence-electron chi connectivity index (χ4n) is 3.06. The molecular weight excluding hydrogens is 449 g/mol. The van der Waals surface area contributed by atoms with Crippen molar-refractivity contribution in [3.8, 4) is 5.75 Å². The summed E-state index contributed by atoms with van der Waals surface area (Å²) in [4.78, 5) is 12.0. The Labute approximate surface area is 180 Å². The molecule has 0 spiro atoms. The number of nitrogens with one attached hydrogen (secondary N) is 2. The van der Waals surface area contributed by atoms with Gasteiger partial charge in [-0.15, -0.1) is 0 Å². The first-order chi connectivity index (χ1) is 14.6. The number of phenols is 1. The largest absolute Gasteiger partial charge is 0.506 e. The summed E-state index contributed by atoms with van der Waals surface area (Å²) in [5.74, 6) is -1.53. The highest BCUT2D eigenvalue weighted by atomic mass is 32.2. The van der Waals surface area contributed by atoms with Crippen molar-refractivity contribution in [2.45, 2.75) is 29.1 Å². The van der Waals surface area contributed by atoms with Crippen LogP contribution in [-0.4, -0.2) is 51.8 Å². The van der Waals surface area contributed by atoms with E-state index in [2.05, 4.69) is 10.0 Å². The number of amides is 1. The molecule has 168 valence electrons. The van der Waals surface area contributed by atoms with Crippen LogP contribution in [0, 0.1) is 5.82 Å². The second kappa shape index (κ2) is 9.30. The maximum Gasteiger partial charge on any atom is 0.243 e. The number of halogens is 1. The molecule has 0 saturated carbocycles. The van der Waals surface area contributed by atoms with Gasteiger partial charge < -0.3 is 10.4 Å². The minimum atomic E-state index is -3.92. The summed E-state index contributed by atoms with van der Waals surface area (Å²) in [7, 11) is -7.65. The van der Waals surface area contributed by atoms with E-state index in [1.807, 2.05) is 0 Å². The van der Waals surface area contributed by atoms with Crippen molar-refractivity contribution in [2.24, 2.45) is 0 Å². The van der Waals surface area contributed by atoms with Gasteiger partial charge in [-0.25, -0.2) is 25.9 Å². The number of hydrogen-bond donors (Lipinski definition) is 3. The lowest BCUT2D eigenvalue weighted by Crippen LogP contribution is -2.28. The monoisotopic (exact) mass is 471 g/mol. The Balaban J connectivity index is 1.62. The first-order valence-corrected chi connectivity index (χ1v) is 12.4. The molecule has 1 heterocycles. The predicted octanol–water partition coefficient (Wildman–Crippen LogP) is 1.62. The van der Waals surface area contributed by atoms with Crippen molar-refractivity contribution in [2.75, 3.05) is 25.0 Å². The topological polar surface area (TPSA) is 133 Å². The Hall–Kier alpha value is -2.54. The number of benzene rings is 2. The first-order valence-electron chi connectivity index (χ1n) is 9.48. The van der Waals surface area contributed by atoms with Gasteiger partial charge in [-0.2, -0.15) is 4.31 Å². The number of rotatable bonds is 8. The van der Waals surface area contributed by atoms with Crippen molar-refractivity contribution >= 4 is 31.6 Å². The normalized spacial score (nSPS) is 15.1. The summed E-state index contributed by atoms with van der Waals surface area (Å²) in [5.41, 5.74) is -0.0911. The molecule has 1 saturated heterocycles. The summed E-state index contributed by atoms with van der Waals surface area (Å²) < 4.78 is 66.1. The number of carbonyl (C=O) groups excluding carboxylic acids is 1. The van der Waals surface area contributed by atoms with Gasteiger partial charge in [-0.05, 0) is 55.3 Å². The maximum atomic E-state index is 12.9. The number of hydrogen-bond acceptors (Lipinski definition) is 6. The van der Waals surface area contributed by atoms with Crippen LogP contribution in [0.1, 0.15) is 19.3 Å². The lowest BCUT2D eigenvalue weighted by molar-refractivity contribution is -0.116. The van der Waals surface area contributed by atoms with Crippen LogP contribution in [0.2, 0.25) is 0 Å². The van der Waals surface area contributed by atoms with Crippen molar-refractivity contribution < 1.29 is 31.1 Å². The average Bonchev–Trinajstić information content (AvgIpc) is 3.25. The van der Waals surface area contributed by atoms with Gasteiger partial charge in [0.25, 0.3) is 0 Å². The van der Waals surface area contributed by atoms with Crippen LogP contribution < -0.4 is 10.0 Å². The fourth-order valence-corrected chi connectivity index (χ4v) is 5.64. The highest BCUT2D eigenvalue weighted by molar-refractivity contribution is 7.89. The van der Waals surface area contributed by atoms with Gasteiger partial charge >= 0.3 is 0 Å². The van der Waals surface area contributed by atoms with Gasteiger partial charge in [0, 0.05) is 26.1 Å². The highest BCUT2D eigenvalue weighted by Crippen LogP contribution is 2.29. The van der Waals surface area contributed by atoms with E-state index in [1.165, 1.54) is 22.5 Å². The van der Waals surface area contributed by atoms with Crippen molar-refractivity contribution in [3.05, 3.63) is 48.3 Å². The first kappa shape index (κ1) is 23.1. The molecule has 1 aliphatic rings. The van der Waals surface area contributed by atoms with Crippen LogP contribution in [0.15, 0.2) is 52.3 Å². The second-order valence-electron chi connectivity index (χ2n) is 6.94. The smallest absolute Gasteiger partial charge is 0.243 e. The van der Waals surface area contributed by atoms with E-state index in [1.54, 1.807) is 0 Å². The minimum absolute atomic E-state index is 0.0560. The van der Waals surface area contributed by atoms with Gasteiger partial charge in [0.2, 0.25) is 26.0 Å². The van der Waals surface area contributed by atoms with Crippen LogP contribution >= 0.6 is 0 Å². The molecule has 1 amide bonds. The van der Waals surface area contributed by atoms with E-state index in [9.17, 15) is 31.1 Å². The summed E-state index contributed by atoms with van der Waals surface area (Å²) in [6, 6.07) is 7.82. The van der Waals surface area contributed by atoms with Crippen molar-refractivity contribution in [3.63, 3.8) is 0 Å². The molecule has 0 radical (unpaired) electrons. The molecule has 2 aromatic carbocycles. The number of carbonyl (C=O) groups is 1. The third-order valence-electron chi connectivity index (χ3n) is 4.71. The summed E-state index contributed by atoms with van der Waals surface area (Å²) in [5, 5.41) is 12.4. The Morgan fingerprint density at radius 2 is 1.61 bits per heavy atom. The maximum absolute atomic E-state index is 12.9. The van der Waals surface area contributed by atoms with Crippen molar-refractivity contribution in [1.29, 1.82) is 0 Å². The molecule has 0 unspecified atom stereocenters. The molecule has 9 nitrogen and oxygen atoms in total. The van der Waals surface area contributed by atoms with E-state index >= 15 is 0 Å². The van der Waals surface area contributed by atoms with E-state index < -0.39 is 31.8 Å². The Morgan fingerprint density at radius 3 is 2.26 bits per heavy atom. The van der Waals surface area contributed by atoms with Gasteiger partial charge in [0.1, 0.15) is 11.6 Å². The third kappa shape index (κ3) is 5.58. The minimum Gasteiger partial charge on any atom is -0.506 e. The molecule has 3 N–H and O–H groups in total. The van der Waals surface area contributed by atoms with Gasteiger partial charge in [0.15, 0.2) is 0 Å². The molecule has 31 heavy (non-hydrogen) atoms. The van der Waals surface area contributed by atoms with E-state index in [0.717, 1.165) is 37.1 Å². The zero-order valence-corrected chi connectivity index (χ0v) is 18.0. The van der Waals surface area contributed by atoms with Crippen LogP contribution in [0.3, 0.4) is 0 Å². The number of aromatic hydroxyl groups is 1. The van der Waals surface area contributed by atoms with Crippen LogP contribution in [0.4, 0.5) is 10.1 Å². The highest BCUT2D eigenvalue weighted by Gasteiger charge is 2.28. The van der Waals surface area contributed by atoms with Gasteiger partial charge in [-0.1, -0.05) is 0 Å². The zero-order chi connectivity index (χ0) is 22.6. The van der Waals surface area contributed by atoms with E-state index in [4.69, 9.17) is 0 Å². The SMILES string of the molecule is O=C(CCNS(=O)(=O)c1ccc(F)cc1)Nc1cc(S(=O)(=O)N2CCCC2)ccc1O. The van der Waals surface area contributed by atoms with Crippen LogP contribution in [-0.2, 0) is 24.8 Å². The second-order valence-corrected chi connectivity index (χ2v) is 10.6. The van der Waals surface area contributed by atoms with Gasteiger partial charge in [0.05, 0.1) is 15.5 Å². The van der Waals surface area contributed by atoms with E-state index in [-0.39, 0.29) is 34.2 Å². The number of phenolic OH excluding ortho intramolecular Hbond substituents is 1. The standard InChI is InChI=1S/C19H22FN3O6S2/c20-14-3-5-15(6-4-14)30(26,27)21-10-9-19(25)22-17-13-16(7-8-18(17)24)31(28,29)23-11-1-2-12-23/h3-8,13,21,24H,1-2,9-12H2,(H,22,25). The Bertz CT molecular complexity index is 1160. The molecule has 0 aliphatic carbocycles. The zero-order valence-electron chi connectivity index (χ0n) is 16.4. The number of anilines is 1. The third-order valence-corrected chi connectivity index (χ3v) is 8.08. The molecule has 0 aromatic heterocycles. The number of sulfonamides is 2. The van der Waals surface area contributed by atoms with Gasteiger partial charge in [-0.3, -0.25) is 4.79 Å². The molecule has 1 aliphatic heterocycles.